The van der Waals surface area contributed by atoms with Crippen LogP contribution in [0.5, 0.6) is 0 Å². The van der Waals surface area contributed by atoms with Crippen molar-refractivity contribution in [1.29, 1.82) is 0 Å². The van der Waals surface area contributed by atoms with Gasteiger partial charge < -0.3 is 15.1 Å². The highest BCUT2D eigenvalue weighted by Gasteiger charge is 2.34. The molecule has 2 heterocycles. The molecule has 0 saturated carbocycles. The Balaban J connectivity index is 1.96. The van der Waals surface area contributed by atoms with Gasteiger partial charge in [0.2, 0.25) is 11.8 Å². The summed E-state index contributed by atoms with van der Waals surface area (Å²) < 4.78 is 0. The summed E-state index contributed by atoms with van der Waals surface area (Å²) in [7, 11) is 0. The Kier molecular flexibility index (Phi) is 3.38. The molecule has 5 heteroatoms. The summed E-state index contributed by atoms with van der Waals surface area (Å²) in [6, 6.07) is 0. The van der Waals surface area contributed by atoms with Gasteiger partial charge in [-0.1, -0.05) is 0 Å². The molecule has 0 radical (unpaired) electrons. The molecule has 0 unspecified atom stereocenters. The third kappa shape index (κ3) is 2.60. The van der Waals surface area contributed by atoms with Crippen LogP contribution >= 0.6 is 0 Å². The van der Waals surface area contributed by atoms with Crippen LogP contribution in [0.2, 0.25) is 0 Å². The average molecular weight is 239 g/mol. The molecule has 2 aliphatic rings. The third-order valence-electron chi connectivity index (χ3n) is 3.60. The van der Waals surface area contributed by atoms with Crippen LogP contribution in [0.25, 0.3) is 0 Å². The molecule has 96 valence electrons. The number of hydrogen-bond acceptors (Lipinski definition) is 3. The molecule has 2 saturated heterocycles. The molecule has 0 aromatic carbocycles. The van der Waals surface area contributed by atoms with Gasteiger partial charge in [0.1, 0.15) is 0 Å². The highest BCUT2D eigenvalue weighted by atomic mass is 16.2. The molecular formula is C12H21N3O2. The van der Waals surface area contributed by atoms with Gasteiger partial charge in [0.15, 0.2) is 0 Å². The van der Waals surface area contributed by atoms with E-state index in [1.54, 1.807) is 4.90 Å². The summed E-state index contributed by atoms with van der Waals surface area (Å²) >= 11 is 0. The van der Waals surface area contributed by atoms with Crippen LogP contribution in [0.15, 0.2) is 0 Å². The van der Waals surface area contributed by atoms with Crippen LogP contribution in [0.1, 0.15) is 26.7 Å². The normalized spacial score (nSPS) is 24.2. The maximum Gasteiger partial charge on any atom is 0.242 e. The van der Waals surface area contributed by atoms with Gasteiger partial charge in [0.25, 0.3) is 0 Å². The summed E-state index contributed by atoms with van der Waals surface area (Å²) in [5.74, 6) is 0.193. The van der Waals surface area contributed by atoms with Crippen molar-refractivity contribution in [2.75, 3.05) is 32.7 Å². The quantitative estimate of drug-likeness (QED) is 0.727. The lowest BCUT2D eigenvalue weighted by molar-refractivity contribution is -0.143. The number of piperazine rings is 1. The fourth-order valence-electron chi connectivity index (χ4n) is 2.57. The molecule has 2 amide bonds. The number of rotatable bonds is 2. The fraction of sp³-hybridized carbons (Fsp3) is 0.833. The van der Waals surface area contributed by atoms with Gasteiger partial charge >= 0.3 is 0 Å². The van der Waals surface area contributed by atoms with E-state index in [9.17, 15) is 9.59 Å². The molecule has 0 aromatic rings. The second-order valence-electron chi connectivity index (χ2n) is 5.45. The zero-order chi connectivity index (χ0) is 12.5. The van der Waals surface area contributed by atoms with E-state index in [0.29, 0.717) is 6.42 Å². The molecule has 0 bridgehead atoms. The highest BCUT2D eigenvalue weighted by molar-refractivity contribution is 5.86. The topological polar surface area (TPSA) is 52.7 Å². The van der Waals surface area contributed by atoms with Crippen molar-refractivity contribution in [3.63, 3.8) is 0 Å². The third-order valence-corrected chi connectivity index (χ3v) is 3.60. The molecular weight excluding hydrogens is 218 g/mol. The number of carbonyl (C=O) groups is 2. The first-order valence-corrected chi connectivity index (χ1v) is 6.30. The zero-order valence-electron chi connectivity index (χ0n) is 10.7. The second kappa shape index (κ2) is 4.64. The Hall–Kier alpha value is -1.10. The Morgan fingerprint density at radius 1 is 1.41 bits per heavy atom. The van der Waals surface area contributed by atoms with Crippen molar-refractivity contribution < 1.29 is 9.59 Å². The Labute approximate surface area is 102 Å². The number of nitrogens with zero attached hydrogens (tertiary/aromatic N) is 2. The summed E-state index contributed by atoms with van der Waals surface area (Å²) in [6.45, 7) is 7.48. The van der Waals surface area contributed by atoms with Crippen molar-refractivity contribution in [1.82, 2.24) is 15.1 Å². The van der Waals surface area contributed by atoms with E-state index in [-0.39, 0.29) is 23.9 Å². The molecule has 5 nitrogen and oxygen atoms in total. The molecule has 0 spiro atoms. The number of nitrogens with one attached hydrogen (secondary N) is 1. The number of likely N-dealkylation sites (tertiary alicyclic amines) is 1. The van der Waals surface area contributed by atoms with Crippen LogP contribution in [0.4, 0.5) is 0 Å². The highest BCUT2D eigenvalue weighted by Crippen LogP contribution is 2.18. The van der Waals surface area contributed by atoms with E-state index < -0.39 is 0 Å². The van der Waals surface area contributed by atoms with E-state index >= 15 is 0 Å². The van der Waals surface area contributed by atoms with Gasteiger partial charge in [0.05, 0.1) is 6.54 Å². The Morgan fingerprint density at radius 3 is 2.76 bits per heavy atom. The van der Waals surface area contributed by atoms with Crippen LogP contribution in [0.3, 0.4) is 0 Å². The zero-order valence-corrected chi connectivity index (χ0v) is 10.7. The molecule has 0 aromatic heterocycles. The van der Waals surface area contributed by atoms with Gasteiger partial charge in [-0.15, -0.1) is 0 Å². The predicted octanol–water partition coefficient (Wildman–Crippen LogP) is -0.181. The van der Waals surface area contributed by atoms with Gasteiger partial charge in [-0.3, -0.25) is 9.59 Å². The lowest BCUT2D eigenvalue weighted by atomic mass is 10.00. The Bertz CT molecular complexity index is 328. The molecule has 0 atom stereocenters. The van der Waals surface area contributed by atoms with E-state index in [1.165, 1.54) is 0 Å². The van der Waals surface area contributed by atoms with E-state index in [2.05, 4.69) is 19.2 Å². The SMILES string of the molecule is CC1(C)CNCCN1C(=O)CN1CCCC1=O. The van der Waals surface area contributed by atoms with Crippen molar-refractivity contribution in [2.45, 2.75) is 32.2 Å². The van der Waals surface area contributed by atoms with Gasteiger partial charge in [0, 0.05) is 38.1 Å². The molecule has 2 fully saturated rings. The van der Waals surface area contributed by atoms with Crippen molar-refractivity contribution in [3.8, 4) is 0 Å². The lowest BCUT2D eigenvalue weighted by Crippen LogP contribution is -2.61. The lowest BCUT2D eigenvalue weighted by Gasteiger charge is -2.43. The van der Waals surface area contributed by atoms with Gasteiger partial charge in [-0.25, -0.2) is 0 Å². The molecule has 2 rings (SSSR count). The largest absolute Gasteiger partial charge is 0.333 e. The maximum atomic E-state index is 12.2. The first-order valence-electron chi connectivity index (χ1n) is 6.30. The van der Waals surface area contributed by atoms with Crippen molar-refractivity contribution in [2.24, 2.45) is 0 Å². The van der Waals surface area contributed by atoms with Crippen LogP contribution in [-0.2, 0) is 9.59 Å². The average Bonchev–Trinajstić information content (AvgIpc) is 2.63. The predicted molar refractivity (Wildman–Crippen MR) is 64.5 cm³/mol. The second-order valence-corrected chi connectivity index (χ2v) is 5.45. The summed E-state index contributed by atoms with van der Waals surface area (Å²) in [6.07, 6.45) is 1.48. The van der Waals surface area contributed by atoms with Crippen LogP contribution in [0, 0.1) is 0 Å². The standard InChI is InChI=1S/C12H21N3O2/c1-12(2)9-13-5-7-15(12)11(17)8-14-6-3-4-10(14)16/h13H,3-9H2,1-2H3. The minimum absolute atomic E-state index is 0.0757. The van der Waals surface area contributed by atoms with Crippen LogP contribution < -0.4 is 5.32 Å². The summed E-state index contributed by atoms with van der Waals surface area (Å²) in [5, 5.41) is 3.29. The van der Waals surface area contributed by atoms with E-state index in [0.717, 1.165) is 32.6 Å². The molecule has 1 N–H and O–H groups in total. The van der Waals surface area contributed by atoms with Crippen LogP contribution in [-0.4, -0.2) is 59.9 Å². The van der Waals surface area contributed by atoms with Crippen molar-refractivity contribution >= 4 is 11.8 Å². The van der Waals surface area contributed by atoms with Gasteiger partial charge in [-0.2, -0.15) is 0 Å². The maximum absolute atomic E-state index is 12.2. The summed E-state index contributed by atoms with van der Waals surface area (Å²) in [5.41, 5.74) is -0.155. The van der Waals surface area contributed by atoms with Gasteiger partial charge in [-0.05, 0) is 20.3 Å². The Morgan fingerprint density at radius 2 is 2.18 bits per heavy atom. The molecule has 17 heavy (non-hydrogen) atoms. The number of hydrogen-bond donors (Lipinski definition) is 1. The first-order chi connectivity index (χ1) is 8.00. The number of carbonyl (C=O) groups excluding carboxylic acids is 2. The first kappa shape index (κ1) is 12.4. The van der Waals surface area contributed by atoms with E-state index in [4.69, 9.17) is 0 Å². The number of amides is 2. The minimum Gasteiger partial charge on any atom is -0.333 e. The monoisotopic (exact) mass is 239 g/mol. The molecule has 2 aliphatic heterocycles. The molecule has 0 aliphatic carbocycles. The van der Waals surface area contributed by atoms with E-state index in [1.807, 2.05) is 4.90 Å². The van der Waals surface area contributed by atoms with Crippen molar-refractivity contribution in [3.05, 3.63) is 0 Å². The minimum atomic E-state index is -0.155. The smallest absolute Gasteiger partial charge is 0.242 e. The summed E-state index contributed by atoms with van der Waals surface area (Å²) in [4.78, 5) is 27.3. The fourth-order valence-corrected chi connectivity index (χ4v) is 2.57.